The number of carbonyl (C=O) groups is 1. The van der Waals surface area contributed by atoms with Crippen LogP contribution >= 0.6 is 31.9 Å². The fourth-order valence-electron chi connectivity index (χ4n) is 2.17. The Hall–Kier alpha value is -1.37. The van der Waals surface area contributed by atoms with Crippen molar-refractivity contribution in [3.05, 3.63) is 62.0 Å². The van der Waals surface area contributed by atoms with E-state index in [4.69, 9.17) is 9.84 Å². The lowest BCUT2D eigenvalue weighted by molar-refractivity contribution is 0.0697. The molecule has 0 aliphatic heterocycles. The van der Waals surface area contributed by atoms with Gasteiger partial charge >= 0.3 is 5.97 Å². The minimum Gasteiger partial charge on any atom is -0.491 e. The number of carboxylic acid groups (broad SMARTS) is 1. The van der Waals surface area contributed by atoms with Gasteiger partial charge in [-0.1, -0.05) is 19.1 Å². The van der Waals surface area contributed by atoms with Crippen molar-refractivity contribution in [2.75, 3.05) is 6.61 Å². The van der Waals surface area contributed by atoms with Crippen molar-refractivity contribution in [3.63, 3.8) is 0 Å². The van der Waals surface area contributed by atoms with Gasteiger partial charge in [0.25, 0.3) is 0 Å². The quantitative estimate of drug-likeness (QED) is 0.587. The average molecular weight is 457 g/mol. The predicted molar refractivity (Wildman–Crippen MR) is 102 cm³/mol. The first kappa shape index (κ1) is 19.0. The first-order chi connectivity index (χ1) is 11.5. The van der Waals surface area contributed by atoms with Crippen LogP contribution in [-0.2, 0) is 13.1 Å². The molecular weight excluding hydrogens is 438 g/mol. The van der Waals surface area contributed by atoms with Crippen LogP contribution in [0.4, 0.5) is 0 Å². The first-order valence-electron chi connectivity index (χ1n) is 7.65. The van der Waals surface area contributed by atoms with Gasteiger partial charge in [-0.15, -0.1) is 0 Å². The summed E-state index contributed by atoms with van der Waals surface area (Å²) in [6.45, 7) is 4.12. The Morgan fingerprint density at radius 3 is 2.21 bits per heavy atom. The highest BCUT2D eigenvalue weighted by molar-refractivity contribution is 9.11. The van der Waals surface area contributed by atoms with E-state index >= 15 is 0 Å². The number of benzene rings is 2. The average Bonchev–Trinajstić information content (AvgIpc) is 2.54. The van der Waals surface area contributed by atoms with E-state index in [0.29, 0.717) is 25.3 Å². The van der Waals surface area contributed by atoms with Crippen LogP contribution in [0.25, 0.3) is 0 Å². The number of ether oxygens (including phenoxy) is 1. The first-order valence-corrected chi connectivity index (χ1v) is 9.23. The minimum atomic E-state index is -0.908. The zero-order valence-electron chi connectivity index (χ0n) is 13.3. The maximum absolute atomic E-state index is 10.8. The molecule has 6 heteroatoms. The molecule has 0 saturated heterocycles. The highest BCUT2D eigenvalue weighted by Gasteiger charge is 2.09. The summed E-state index contributed by atoms with van der Waals surface area (Å²) < 4.78 is 7.56. The van der Waals surface area contributed by atoms with E-state index in [9.17, 15) is 4.79 Å². The van der Waals surface area contributed by atoms with Crippen LogP contribution in [0.5, 0.6) is 5.75 Å². The summed E-state index contributed by atoms with van der Waals surface area (Å²) >= 11 is 7.10. The third-order valence-corrected chi connectivity index (χ3v) is 4.55. The molecule has 2 aromatic carbocycles. The van der Waals surface area contributed by atoms with Crippen LogP contribution < -0.4 is 10.1 Å². The second kappa shape index (κ2) is 9.20. The number of halogens is 2. The number of hydrogen-bond donors (Lipinski definition) is 2. The van der Waals surface area contributed by atoms with Crippen LogP contribution in [0.1, 0.15) is 34.8 Å². The summed E-state index contributed by atoms with van der Waals surface area (Å²) in [5.74, 6) is -0.0838. The summed E-state index contributed by atoms with van der Waals surface area (Å²) in [5, 5.41) is 12.2. The molecular formula is C18H19Br2NO3. The zero-order chi connectivity index (χ0) is 17.5. The number of nitrogens with one attached hydrogen (secondary N) is 1. The Labute approximate surface area is 158 Å². The molecule has 0 spiro atoms. The summed E-state index contributed by atoms with van der Waals surface area (Å²) in [6.07, 6.45) is 0.961. The van der Waals surface area contributed by atoms with E-state index in [2.05, 4.69) is 44.1 Å². The molecule has 0 amide bonds. The smallest absolute Gasteiger partial charge is 0.335 e. The summed E-state index contributed by atoms with van der Waals surface area (Å²) in [5.41, 5.74) is 2.47. The molecule has 24 heavy (non-hydrogen) atoms. The van der Waals surface area contributed by atoms with Crippen LogP contribution in [0.3, 0.4) is 0 Å². The van der Waals surface area contributed by atoms with Crippen LogP contribution in [-0.4, -0.2) is 17.7 Å². The lowest BCUT2D eigenvalue weighted by Gasteiger charge is -2.12. The topological polar surface area (TPSA) is 58.6 Å². The number of rotatable bonds is 8. The summed E-state index contributed by atoms with van der Waals surface area (Å²) in [4.78, 5) is 10.8. The van der Waals surface area contributed by atoms with Crippen molar-refractivity contribution in [2.24, 2.45) is 0 Å². The molecule has 0 aliphatic rings. The lowest BCUT2D eigenvalue weighted by atomic mass is 10.1. The highest BCUT2D eigenvalue weighted by atomic mass is 79.9. The molecule has 4 nitrogen and oxygen atoms in total. The second-order valence-electron chi connectivity index (χ2n) is 5.34. The standard InChI is InChI=1S/C18H19Br2NO3/c1-2-7-24-17-15(19)8-13(9-16(17)20)11-21-10-12-3-5-14(6-4-12)18(22)23/h3-6,8-9,21H,2,7,10-11H2,1H3,(H,22,23). The summed E-state index contributed by atoms with van der Waals surface area (Å²) in [6, 6.07) is 11.0. The Morgan fingerprint density at radius 2 is 1.67 bits per heavy atom. The van der Waals surface area contributed by atoms with Gasteiger partial charge in [0.05, 0.1) is 21.1 Å². The van der Waals surface area contributed by atoms with Crippen molar-refractivity contribution in [2.45, 2.75) is 26.4 Å². The monoisotopic (exact) mass is 455 g/mol. The highest BCUT2D eigenvalue weighted by Crippen LogP contribution is 2.34. The molecule has 0 atom stereocenters. The number of hydrogen-bond acceptors (Lipinski definition) is 3. The molecule has 0 fully saturated rings. The predicted octanol–water partition coefficient (Wildman–Crippen LogP) is 4.99. The fraction of sp³-hybridized carbons (Fsp3) is 0.278. The number of aromatic carboxylic acids is 1. The van der Waals surface area contributed by atoms with Gasteiger partial charge in [0.2, 0.25) is 0 Å². The zero-order valence-corrected chi connectivity index (χ0v) is 16.5. The molecule has 0 bridgehead atoms. The van der Waals surface area contributed by atoms with Crippen molar-refractivity contribution >= 4 is 37.8 Å². The summed E-state index contributed by atoms with van der Waals surface area (Å²) in [7, 11) is 0. The normalized spacial score (nSPS) is 10.6. The fourth-order valence-corrected chi connectivity index (χ4v) is 3.68. The molecule has 0 aliphatic carbocycles. The number of carboxylic acids is 1. The van der Waals surface area contributed by atoms with Gasteiger partial charge in [0.15, 0.2) is 0 Å². The molecule has 128 valence electrons. The largest absolute Gasteiger partial charge is 0.491 e. The van der Waals surface area contributed by atoms with Crippen molar-refractivity contribution < 1.29 is 14.6 Å². The maximum atomic E-state index is 10.8. The van der Waals surface area contributed by atoms with E-state index in [1.54, 1.807) is 12.1 Å². The molecule has 2 rings (SSSR count). The second-order valence-corrected chi connectivity index (χ2v) is 7.05. The third-order valence-electron chi connectivity index (χ3n) is 3.37. The van der Waals surface area contributed by atoms with E-state index < -0.39 is 5.97 Å². The Kier molecular flexibility index (Phi) is 7.27. The van der Waals surface area contributed by atoms with Gasteiger partial charge in [0.1, 0.15) is 5.75 Å². The maximum Gasteiger partial charge on any atom is 0.335 e. The molecule has 0 radical (unpaired) electrons. The van der Waals surface area contributed by atoms with Gasteiger partial charge in [-0.25, -0.2) is 4.79 Å². The molecule has 0 heterocycles. The molecule has 2 N–H and O–H groups in total. The Balaban J connectivity index is 1.93. The van der Waals surface area contributed by atoms with E-state index in [1.807, 2.05) is 24.3 Å². The Morgan fingerprint density at radius 1 is 1.08 bits per heavy atom. The minimum absolute atomic E-state index is 0.300. The molecule has 0 saturated carbocycles. The van der Waals surface area contributed by atoms with Gasteiger partial charge in [-0.05, 0) is 73.7 Å². The van der Waals surface area contributed by atoms with Gasteiger partial charge in [-0.2, -0.15) is 0 Å². The van der Waals surface area contributed by atoms with Crippen molar-refractivity contribution in [1.29, 1.82) is 0 Å². The van der Waals surface area contributed by atoms with Crippen molar-refractivity contribution in [3.8, 4) is 5.75 Å². The van der Waals surface area contributed by atoms with E-state index in [0.717, 1.165) is 32.2 Å². The molecule has 0 unspecified atom stereocenters. The van der Waals surface area contributed by atoms with Gasteiger partial charge < -0.3 is 15.2 Å². The van der Waals surface area contributed by atoms with E-state index in [1.165, 1.54) is 0 Å². The van der Waals surface area contributed by atoms with Gasteiger partial charge in [0, 0.05) is 13.1 Å². The van der Waals surface area contributed by atoms with E-state index in [-0.39, 0.29) is 0 Å². The molecule has 2 aromatic rings. The van der Waals surface area contributed by atoms with Crippen LogP contribution in [0.15, 0.2) is 45.3 Å². The van der Waals surface area contributed by atoms with Gasteiger partial charge in [-0.3, -0.25) is 0 Å². The van der Waals surface area contributed by atoms with Crippen molar-refractivity contribution in [1.82, 2.24) is 5.32 Å². The SMILES string of the molecule is CCCOc1c(Br)cc(CNCc2ccc(C(=O)O)cc2)cc1Br. The molecule has 0 aromatic heterocycles. The Bertz CT molecular complexity index is 679. The lowest BCUT2D eigenvalue weighted by Crippen LogP contribution is -2.13. The third kappa shape index (κ3) is 5.33. The van der Waals surface area contributed by atoms with Crippen LogP contribution in [0.2, 0.25) is 0 Å². The van der Waals surface area contributed by atoms with Crippen LogP contribution in [0, 0.1) is 0 Å².